The van der Waals surface area contributed by atoms with E-state index in [2.05, 4.69) is 5.32 Å². The van der Waals surface area contributed by atoms with Crippen LogP contribution < -0.4 is 19.5 Å². The lowest BCUT2D eigenvalue weighted by molar-refractivity contribution is -0.122. The second-order valence-electron chi connectivity index (χ2n) is 6.21. The van der Waals surface area contributed by atoms with E-state index in [1.807, 2.05) is 30.3 Å². The molecule has 0 bridgehead atoms. The number of carbonyl (C=O) groups excluding carboxylic acids is 1. The van der Waals surface area contributed by atoms with Crippen LogP contribution >= 0.6 is 11.6 Å². The molecule has 2 aromatic rings. The number of methoxy groups -OCH3 is 3. The van der Waals surface area contributed by atoms with Crippen molar-refractivity contribution in [3.63, 3.8) is 0 Å². The highest BCUT2D eigenvalue weighted by Gasteiger charge is 2.44. The van der Waals surface area contributed by atoms with E-state index in [9.17, 15) is 4.79 Å². The number of ether oxygens (including phenoxy) is 3. The molecule has 0 aromatic heterocycles. The summed E-state index contributed by atoms with van der Waals surface area (Å²) in [6.07, 6.45) is 0.818. The number of benzene rings is 2. The van der Waals surface area contributed by atoms with Crippen molar-refractivity contribution in [3.05, 3.63) is 52.5 Å². The maximum atomic E-state index is 12.5. The van der Waals surface area contributed by atoms with E-state index in [0.29, 0.717) is 23.8 Å². The Hall–Kier alpha value is -2.40. The predicted molar refractivity (Wildman–Crippen MR) is 100 cm³/mol. The Bertz CT molecular complexity index is 808. The molecule has 0 radical (unpaired) electrons. The maximum absolute atomic E-state index is 12.5. The van der Waals surface area contributed by atoms with Crippen molar-refractivity contribution in [1.82, 2.24) is 5.32 Å². The quantitative estimate of drug-likeness (QED) is 0.800. The lowest BCUT2D eigenvalue weighted by Crippen LogP contribution is -2.25. The number of hydrogen-bond acceptors (Lipinski definition) is 4. The van der Waals surface area contributed by atoms with Crippen LogP contribution in [0.1, 0.15) is 23.5 Å². The third kappa shape index (κ3) is 3.73. The fraction of sp³-hybridized carbons (Fsp3) is 0.350. The van der Waals surface area contributed by atoms with E-state index in [0.717, 1.165) is 22.6 Å². The van der Waals surface area contributed by atoms with Crippen molar-refractivity contribution in [2.45, 2.75) is 18.9 Å². The third-order valence-electron chi connectivity index (χ3n) is 4.67. The molecule has 2 aromatic carbocycles. The summed E-state index contributed by atoms with van der Waals surface area (Å²) < 4.78 is 16.0. The van der Waals surface area contributed by atoms with Crippen molar-refractivity contribution in [3.8, 4) is 17.2 Å². The van der Waals surface area contributed by atoms with Crippen LogP contribution in [-0.2, 0) is 11.3 Å². The highest BCUT2D eigenvalue weighted by molar-refractivity contribution is 6.31. The molecule has 26 heavy (non-hydrogen) atoms. The molecule has 6 heteroatoms. The zero-order valence-corrected chi connectivity index (χ0v) is 15.8. The second kappa shape index (κ2) is 7.87. The summed E-state index contributed by atoms with van der Waals surface area (Å²) in [6, 6.07) is 11.3. The minimum absolute atomic E-state index is 0.0201. The number of rotatable bonds is 7. The Labute approximate surface area is 158 Å². The molecule has 0 heterocycles. The molecular weight excluding hydrogens is 354 g/mol. The molecule has 138 valence electrons. The number of hydrogen-bond donors (Lipinski definition) is 1. The van der Waals surface area contributed by atoms with Gasteiger partial charge in [0, 0.05) is 29.1 Å². The van der Waals surface area contributed by atoms with Gasteiger partial charge in [-0.1, -0.05) is 29.8 Å². The SMILES string of the molecule is COc1cc(OC)c(OC)cc1CNC(=O)C1CC1c1ccccc1Cl. The van der Waals surface area contributed by atoms with Gasteiger partial charge in [0.1, 0.15) is 5.75 Å². The highest BCUT2D eigenvalue weighted by Crippen LogP contribution is 2.49. The lowest BCUT2D eigenvalue weighted by atomic mass is 10.1. The predicted octanol–water partition coefficient (Wildman–Crippen LogP) is 3.79. The Morgan fingerprint density at radius 3 is 2.38 bits per heavy atom. The normalized spacial score (nSPS) is 18.2. The molecule has 1 saturated carbocycles. The average Bonchev–Trinajstić information content (AvgIpc) is 3.46. The fourth-order valence-corrected chi connectivity index (χ4v) is 3.42. The molecule has 5 nitrogen and oxygen atoms in total. The topological polar surface area (TPSA) is 56.8 Å². The van der Waals surface area contributed by atoms with E-state index in [1.54, 1.807) is 27.4 Å². The van der Waals surface area contributed by atoms with Gasteiger partial charge in [-0.15, -0.1) is 0 Å². The highest BCUT2D eigenvalue weighted by atomic mass is 35.5. The third-order valence-corrected chi connectivity index (χ3v) is 5.02. The molecule has 0 aliphatic heterocycles. The zero-order valence-electron chi connectivity index (χ0n) is 15.0. The van der Waals surface area contributed by atoms with Crippen molar-refractivity contribution >= 4 is 17.5 Å². The first-order valence-corrected chi connectivity index (χ1v) is 8.77. The Morgan fingerprint density at radius 1 is 1.08 bits per heavy atom. The largest absolute Gasteiger partial charge is 0.496 e. The smallest absolute Gasteiger partial charge is 0.224 e. The van der Waals surface area contributed by atoms with E-state index in [1.165, 1.54) is 0 Å². The summed E-state index contributed by atoms with van der Waals surface area (Å²) in [7, 11) is 4.73. The molecule has 3 rings (SSSR count). The summed E-state index contributed by atoms with van der Waals surface area (Å²) in [6.45, 7) is 0.355. The van der Waals surface area contributed by atoms with Crippen molar-refractivity contribution in [2.24, 2.45) is 5.92 Å². The van der Waals surface area contributed by atoms with Gasteiger partial charge in [-0.25, -0.2) is 0 Å². The number of halogens is 1. The number of amides is 1. The van der Waals surface area contributed by atoms with Crippen LogP contribution in [0.25, 0.3) is 0 Å². The second-order valence-corrected chi connectivity index (χ2v) is 6.61. The van der Waals surface area contributed by atoms with E-state index in [-0.39, 0.29) is 17.7 Å². The molecule has 1 amide bonds. The van der Waals surface area contributed by atoms with E-state index >= 15 is 0 Å². The van der Waals surface area contributed by atoms with Crippen molar-refractivity contribution in [2.75, 3.05) is 21.3 Å². The number of nitrogens with one attached hydrogen (secondary N) is 1. The van der Waals surface area contributed by atoms with Gasteiger partial charge in [-0.3, -0.25) is 4.79 Å². The summed E-state index contributed by atoms with van der Waals surface area (Å²) in [5, 5.41) is 3.70. The van der Waals surface area contributed by atoms with E-state index in [4.69, 9.17) is 25.8 Å². The summed E-state index contributed by atoms with van der Waals surface area (Å²) in [5.41, 5.74) is 1.87. The number of carbonyl (C=O) groups is 1. The first kappa shape index (κ1) is 18.4. The van der Waals surface area contributed by atoms with Crippen LogP contribution in [0.15, 0.2) is 36.4 Å². The molecule has 0 saturated heterocycles. The van der Waals surface area contributed by atoms with Gasteiger partial charge in [-0.2, -0.15) is 0 Å². The lowest BCUT2D eigenvalue weighted by Gasteiger charge is -2.14. The standard InChI is InChI=1S/C20H22ClNO4/c1-24-17-10-19(26-3)18(25-2)8-12(17)11-22-20(23)15-9-14(15)13-6-4-5-7-16(13)21/h4-8,10,14-15H,9,11H2,1-3H3,(H,22,23). The Kier molecular flexibility index (Phi) is 5.57. The van der Waals surface area contributed by atoms with Crippen LogP contribution in [0.2, 0.25) is 5.02 Å². The van der Waals surface area contributed by atoms with Crippen LogP contribution in [0.3, 0.4) is 0 Å². The van der Waals surface area contributed by atoms with Gasteiger partial charge in [0.15, 0.2) is 11.5 Å². The minimum atomic E-state index is -0.0407. The molecule has 1 aliphatic rings. The fourth-order valence-electron chi connectivity index (χ4n) is 3.15. The van der Waals surface area contributed by atoms with Gasteiger partial charge >= 0.3 is 0 Å². The van der Waals surface area contributed by atoms with Crippen molar-refractivity contribution < 1.29 is 19.0 Å². The zero-order chi connectivity index (χ0) is 18.7. The molecular formula is C20H22ClNO4. The van der Waals surface area contributed by atoms with Crippen LogP contribution in [0.5, 0.6) is 17.2 Å². The molecule has 2 unspecified atom stereocenters. The molecule has 2 atom stereocenters. The van der Waals surface area contributed by atoms with Gasteiger partial charge in [0.2, 0.25) is 5.91 Å². The summed E-state index contributed by atoms with van der Waals surface area (Å²) in [5.74, 6) is 1.99. The van der Waals surface area contributed by atoms with Crippen LogP contribution in [-0.4, -0.2) is 27.2 Å². The van der Waals surface area contributed by atoms with Gasteiger partial charge in [0.25, 0.3) is 0 Å². The van der Waals surface area contributed by atoms with Crippen molar-refractivity contribution in [1.29, 1.82) is 0 Å². The molecule has 0 spiro atoms. The summed E-state index contributed by atoms with van der Waals surface area (Å²) in [4.78, 5) is 12.5. The average molecular weight is 376 g/mol. The minimum Gasteiger partial charge on any atom is -0.496 e. The Morgan fingerprint density at radius 2 is 1.73 bits per heavy atom. The summed E-state index contributed by atoms with van der Waals surface area (Å²) >= 11 is 6.23. The first-order chi connectivity index (χ1) is 12.6. The maximum Gasteiger partial charge on any atom is 0.224 e. The van der Waals surface area contributed by atoms with Gasteiger partial charge < -0.3 is 19.5 Å². The molecule has 1 N–H and O–H groups in total. The first-order valence-electron chi connectivity index (χ1n) is 8.40. The molecule has 1 fully saturated rings. The van der Waals surface area contributed by atoms with E-state index < -0.39 is 0 Å². The molecule has 1 aliphatic carbocycles. The van der Waals surface area contributed by atoms with Gasteiger partial charge in [0.05, 0.1) is 21.3 Å². The monoisotopic (exact) mass is 375 g/mol. The Balaban J connectivity index is 1.66. The van der Waals surface area contributed by atoms with Crippen LogP contribution in [0, 0.1) is 5.92 Å². The van der Waals surface area contributed by atoms with Gasteiger partial charge in [-0.05, 0) is 30.0 Å². The van der Waals surface area contributed by atoms with Crippen LogP contribution in [0.4, 0.5) is 0 Å².